The van der Waals surface area contributed by atoms with E-state index in [0.29, 0.717) is 38.6 Å². The maximum Gasteiger partial charge on any atom is 0.261 e. The molecule has 5 nitrogen and oxygen atoms in total. The highest BCUT2D eigenvalue weighted by Crippen LogP contribution is 2.39. The minimum atomic E-state index is -2.55. The summed E-state index contributed by atoms with van der Waals surface area (Å²) < 4.78 is 27.0. The van der Waals surface area contributed by atoms with Crippen LogP contribution in [0.2, 0.25) is 23.2 Å². The Balaban J connectivity index is 1.27. The standard InChI is InChI=1S/C45H68O5Si2/c1-36-33-39(50-42(35-49-51(8,9)44(2,3)4)43(36)47-34-37-23-14-10-15-24-37)27-17-11-16-25-38(46)26-22-32-48-52(45(5,6)7,40-28-18-12-19-29-40)41-30-20-13-21-31-41/h10-16,18-21,23-24,28-31,36,38-39,42-43,46H,17,22,25-27,32-35H2,1-9H3/b16-11+/t36-,38+,39+,42-,43+/m1/s1. The number of hydrogen-bond acceptors (Lipinski definition) is 5. The number of benzene rings is 3. The third-order valence-corrected chi connectivity index (χ3v) is 20.8. The molecule has 1 aliphatic rings. The van der Waals surface area contributed by atoms with Crippen LogP contribution in [0.5, 0.6) is 0 Å². The van der Waals surface area contributed by atoms with Crippen molar-refractivity contribution in [3.8, 4) is 0 Å². The number of rotatable bonds is 18. The Bertz CT molecular complexity index is 1430. The maximum atomic E-state index is 10.9. The van der Waals surface area contributed by atoms with Crippen LogP contribution in [0.15, 0.2) is 103 Å². The van der Waals surface area contributed by atoms with Gasteiger partial charge in [-0.3, -0.25) is 0 Å². The van der Waals surface area contributed by atoms with Crippen LogP contribution in [0, 0.1) is 5.92 Å². The van der Waals surface area contributed by atoms with Crippen molar-refractivity contribution in [2.24, 2.45) is 5.92 Å². The van der Waals surface area contributed by atoms with Gasteiger partial charge in [-0.2, -0.15) is 0 Å². The Morgan fingerprint density at radius 2 is 1.38 bits per heavy atom. The summed E-state index contributed by atoms with van der Waals surface area (Å²) in [5, 5.41) is 13.6. The molecule has 3 aromatic carbocycles. The monoisotopic (exact) mass is 744 g/mol. The number of ether oxygens (including phenoxy) is 2. The van der Waals surface area contributed by atoms with E-state index in [1.807, 2.05) is 6.07 Å². The molecule has 1 fully saturated rings. The molecule has 52 heavy (non-hydrogen) atoms. The van der Waals surface area contributed by atoms with Crippen LogP contribution in [-0.2, 0) is 24.9 Å². The van der Waals surface area contributed by atoms with Gasteiger partial charge >= 0.3 is 0 Å². The number of aliphatic hydroxyl groups excluding tert-OH is 1. The molecule has 1 N–H and O–H groups in total. The molecule has 5 atom stereocenters. The predicted molar refractivity (Wildman–Crippen MR) is 222 cm³/mol. The minimum absolute atomic E-state index is 0.00694. The minimum Gasteiger partial charge on any atom is -0.414 e. The van der Waals surface area contributed by atoms with Gasteiger partial charge in [0.05, 0.1) is 31.5 Å². The van der Waals surface area contributed by atoms with Crippen LogP contribution in [0.3, 0.4) is 0 Å². The van der Waals surface area contributed by atoms with Crippen LogP contribution in [0.1, 0.15) is 92.6 Å². The average molecular weight is 745 g/mol. The molecule has 0 unspecified atom stereocenters. The molecule has 1 aliphatic heterocycles. The zero-order valence-corrected chi connectivity index (χ0v) is 35.6. The molecule has 0 aliphatic carbocycles. The molecule has 1 heterocycles. The van der Waals surface area contributed by atoms with Gasteiger partial charge in [-0.05, 0) is 83.6 Å². The van der Waals surface area contributed by atoms with E-state index in [0.717, 1.165) is 25.7 Å². The molecule has 0 saturated carbocycles. The first-order chi connectivity index (χ1) is 24.6. The van der Waals surface area contributed by atoms with Crippen LogP contribution in [0.25, 0.3) is 0 Å². The molecule has 0 spiro atoms. The second-order valence-electron chi connectivity index (χ2n) is 17.4. The van der Waals surface area contributed by atoms with Gasteiger partial charge < -0.3 is 23.4 Å². The zero-order chi connectivity index (χ0) is 37.8. The Morgan fingerprint density at radius 1 is 0.808 bits per heavy atom. The highest BCUT2D eigenvalue weighted by Gasteiger charge is 2.50. The molecule has 0 bridgehead atoms. The number of hydrogen-bond donors (Lipinski definition) is 1. The SMILES string of the molecule is C[C@@H]1C[C@H](CC/C=C/C[C@H](O)CCCO[Si](c2ccccc2)(c2ccccc2)C(C)(C)C)O[C@H](CO[Si](C)(C)C(C)(C)C)[C@H]1OCc1ccccc1. The highest BCUT2D eigenvalue weighted by atomic mass is 28.4. The van der Waals surface area contributed by atoms with Crippen molar-refractivity contribution in [2.45, 2.75) is 141 Å². The zero-order valence-electron chi connectivity index (χ0n) is 33.6. The lowest BCUT2D eigenvalue weighted by molar-refractivity contribution is -0.178. The summed E-state index contributed by atoms with van der Waals surface area (Å²) in [5.74, 6) is 0.368. The third kappa shape index (κ3) is 11.6. The van der Waals surface area contributed by atoms with E-state index in [9.17, 15) is 5.11 Å². The van der Waals surface area contributed by atoms with E-state index in [1.54, 1.807) is 0 Å². The molecule has 7 heteroatoms. The van der Waals surface area contributed by atoms with Crippen molar-refractivity contribution in [1.29, 1.82) is 0 Å². The van der Waals surface area contributed by atoms with Crippen LogP contribution >= 0.6 is 0 Å². The van der Waals surface area contributed by atoms with Gasteiger partial charge in [-0.25, -0.2) is 0 Å². The van der Waals surface area contributed by atoms with E-state index >= 15 is 0 Å². The predicted octanol–water partition coefficient (Wildman–Crippen LogP) is 9.83. The summed E-state index contributed by atoms with van der Waals surface area (Å²) in [5.41, 5.74) is 1.18. The lowest BCUT2D eigenvalue weighted by atomic mass is 9.88. The molecule has 4 rings (SSSR count). The van der Waals surface area contributed by atoms with Crippen LogP contribution in [-0.4, -0.2) is 59.4 Å². The topological polar surface area (TPSA) is 57.2 Å². The first-order valence-electron chi connectivity index (χ1n) is 19.7. The highest BCUT2D eigenvalue weighted by molar-refractivity contribution is 6.99. The molecule has 3 aromatic rings. The van der Waals surface area contributed by atoms with Crippen molar-refractivity contribution in [2.75, 3.05) is 13.2 Å². The summed E-state index contributed by atoms with van der Waals surface area (Å²) in [6.07, 6.45) is 9.06. The smallest absolute Gasteiger partial charge is 0.261 e. The fourth-order valence-electron chi connectivity index (χ4n) is 7.24. The van der Waals surface area contributed by atoms with Crippen molar-refractivity contribution in [1.82, 2.24) is 0 Å². The second kappa shape index (κ2) is 19.3. The molecule has 0 amide bonds. The van der Waals surface area contributed by atoms with Crippen LogP contribution in [0.4, 0.5) is 0 Å². The van der Waals surface area contributed by atoms with Gasteiger partial charge in [-0.15, -0.1) is 0 Å². The van der Waals surface area contributed by atoms with E-state index < -0.39 is 16.6 Å². The molecular formula is C45H68O5Si2. The quantitative estimate of drug-likeness (QED) is 0.0799. The molecule has 0 radical (unpaired) electrons. The van der Waals surface area contributed by atoms with Gasteiger partial charge in [-0.1, -0.05) is 152 Å². The first kappa shape index (κ1) is 42.4. The second-order valence-corrected chi connectivity index (χ2v) is 26.5. The summed E-state index contributed by atoms with van der Waals surface area (Å²) >= 11 is 0. The molecule has 1 saturated heterocycles. The largest absolute Gasteiger partial charge is 0.414 e. The van der Waals surface area contributed by atoms with E-state index in [2.05, 4.69) is 159 Å². The Labute approximate surface area is 318 Å². The summed E-state index contributed by atoms with van der Waals surface area (Å²) in [6.45, 7) is 22.4. The van der Waals surface area contributed by atoms with E-state index in [-0.39, 0.29) is 34.5 Å². The van der Waals surface area contributed by atoms with E-state index in [1.165, 1.54) is 15.9 Å². The van der Waals surface area contributed by atoms with Crippen molar-refractivity contribution < 1.29 is 23.4 Å². The fraction of sp³-hybridized carbons (Fsp3) is 0.556. The summed E-state index contributed by atoms with van der Waals surface area (Å²) in [7, 11) is -4.49. The van der Waals surface area contributed by atoms with Gasteiger partial charge in [0, 0.05) is 6.61 Å². The normalized spacial score (nSPS) is 21.0. The first-order valence-corrected chi connectivity index (χ1v) is 24.5. The van der Waals surface area contributed by atoms with Crippen molar-refractivity contribution in [3.63, 3.8) is 0 Å². The Morgan fingerprint density at radius 3 is 1.94 bits per heavy atom. The van der Waals surface area contributed by atoms with Crippen molar-refractivity contribution >= 4 is 27.0 Å². The van der Waals surface area contributed by atoms with Gasteiger partial charge in [0.25, 0.3) is 8.32 Å². The molecule has 286 valence electrons. The molecular weight excluding hydrogens is 677 g/mol. The lowest BCUT2D eigenvalue weighted by Crippen LogP contribution is -2.66. The van der Waals surface area contributed by atoms with Crippen molar-refractivity contribution in [3.05, 3.63) is 109 Å². The number of aliphatic hydroxyl groups is 1. The van der Waals surface area contributed by atoms with Gasteiger partial charge in [0.2, 0.25) is 0 Å². The average Bonchev–Trinajstić information content (AvgIpc) is 3.10. The Hall–Kier alpha value is -2.37. The summed E-state index contributed by atoms with van der Waals surface area (Å²) in [4.78, 5) is 0. The summed E-state index contributed by atoms with van der Waals surface area (Å²) in [6, 6.07) is 31.9. The third-order valence-electron chi connectivity index (χ3n) is 11.3. The van der Waals surface area contributed by atoms with Crippen LogP contribution < -0.4 is 10.4 Å². The maximum absolute atomic E-state index is 10.9. The number of allylic oxidation sites excluding steroid dienone is 1. The lowest BCUT2D eigenvalue weighted by Gasteiger charge is -2.43. The Kier molecular flexibility index (Phi) is 15.7. The van der Waals surface area contributed by atoms with Gasteiger partial charge in [0.1, 0.15) is 6.10 Å². The van der Waals surface area contributed by atoms with E-state index in [4.69, 9.17) is 18.3 Å². The molecule has 0 aromatic heterocycles. The fourth-order valence-corrected chi connectivity index (χ4v) is 12.9. The van der Waals surface area contributed by atoms with Gasteiger partial charge in [0.15, 0.2) is 8.32 Å².